The summed E-state index contributed by atoms with van der Waals surface area (Å²) in [5, 5.41) is 0. The molecule has 2 aliphatic heterocycles. The summed E-state index contributed by atoms with van der Waals surface area (Å²) < 4.78 is 15.3. The lowest BCUT2D eigenvalue weighted by molar-refractivity contribution is 0.0514. The molecule has 2 aliphatic rings. The van der Waals surface area contributed by atoms with E-state index in [1.807, 2.05) is 0 Å². The van der Waals surface area contributed by atoms with Crippen LogP contribution in [0.2, 0.25) is 12.1 Å². The zero-order valence-electron chi connectivity index (χ0n) is 12.7. The van der Waals surface area contributed by atoms with Crippen molar-refractivity contribution in [3.05, 3.63) is 0 Å². The minimum atomic E-state index is -2.19. The van der Waals surface area contributed by atoms with Gasteiger partial charge in [-0.25, -0.2) is 0 Å². The Hall–Kier alpha value is 0.162. The maximum absolute atomic E-state index is 6.36. The normalized spacial score (nSPS) is 31.3. The molecule has 18 heavy (non-hydrogen) atoms. The van der Waals surface area contributed by atoms with Crippen LogP contribution in [0.25, 0.3) is 0 Å². The van der Waals surface area contributed by atoms with Gasteiger partial charge in [-0.1, -0.05) is 26.0 Å². The van der Waals surface area contributed by atoms with Gasteiger partial charge in [0.15, 0.2) is 0 Å². The van der Waals surface area contributed by atoms with Crippen molar-refractivity contribution in [1.82, 2.24) is 4.57 Å². The molecular weight excluding hydrogens is 241 g/mol. The van der Waals surface area contributed by atoms with Gasteiger partial charge >= 0.3 is 8.59 Å². The topological polar surface area (TPSA) is 21.7 Å². The van der Waals surface area contributed by atoms with Crippen molar-refractivity contribution in [2.24, 2.45) is 0 Å². The van der Waals surface area contributed by atoms with Gasteiger partial charge in [0, 0.05) is 18.8 Å². The minimum absolute atomic E-state index is 0.150. The molecule has 2 rings (SSSR count). The second kappa shape index (κ2) is 5.27. The summed E-state index contributed by atoms with van der Waals surface area (Å²) in [6.45, 7) is 14.5. The van der Waals surface area contributed by atoms with E-state index in [1.165, 1.54) is 12.7 Å². The van der Waals surface area contributed by atoms with Gasteiger partial charge in [-0.3, -0.25) is 4.57 Å². The van der Waals surface area contributed by atoms with Gasteiger partial charge in [0.05, 0.1) is 0 Å². The average Bonchev–Trinajstić information content (AvgIpc) is 2.28. The standard InChI is InChI=1S/C13H28BNO2Si/c1-12(2)14-8-6-10-16-18(14)15(13(3,4)5)9-7-11-17-18/h12H,6-11H2,1-5H3. The van der Waals surface area contributed by atoms with Gasteiger partial charge in [0.25, 0.3) is 0 Å². The first-order valence-electron chi connectivity index (χ1n) is 7.43. The lowest BCUT2D eigenvalue weighted by Gasteiger charge is -2.54. The fourth-order valence-electron chi connectivity index (χ4n) is 3.47. The van der Waals surface area contributed by atoms with E-state index in [0.29, 0.717) is 12.1 Å². The van der Waals surface area contributed by atoms with Gasteiger partial charge in [0.2, 0.25) is 6.31 Å². The van der Waals surface area contributed by atoms with E-state index in [9.17, 15) is 0 Å². The zero-order valence-corrected chi connectivity index (χ0v) is 13.7. The monoisotopic (exact) mass is 269 g/mol. The van der Waals surface area contributed by atoms with E-state index < -0.39 is 8.59 Å². The second-order valence-electron chi connectivity index (χ2n) is 7.00. The van der Waals surface area contributed by atoms with Crippen molar-refractivity contribution in [1.29, 1.82) is 0 Å². The largest absolute Gasteiger partial charge is 0.388 e. The molecule has 0 aromatic rings. The van der Waals surface area contributed by atoms with Gasteiger partial charge in [-0.15, -0.1) is 0 Å². The Morgan fingerprint density at radius 3 is 2.28 bits per heavy atom. The van der Waals surface area contributed by atoms with Crippen LogP contribution in [0.3, 0.4) is 0 Å². The van der Waals surface area contributed by atoms with Crippen LogP contribution in [-0.2, 0) is 8.85 Å². The van der Waals surface area contributed by atoms with Gasteiger partial charge < -0.3 is 8.85 Å². The van der Waals surface area contributed by atoms with E-state index in [4.69, 9.17) is 8.85 Å². The quantitative estimate of drug-likeness (QED) is 0.683. The first kappa shape index (κ1) is 14.6. The highest BCUT2D eigenvalue weighted by molar-refractivity contribution is 7.26. The van der Waals surface area contributed by atoms with Crippen LogP contribution in [-0.4, -0.2) is 44.8 Å². The number of hydrogen-bond donors (Lipinski definition) is 0. The van der Waals surface area contributed by atoms with Crippen molar-refractivity contribution >= 4 is 14.9 Å². The Morgan fingerprint density at radius 2 is 1.72 bits per heavy atom. The Balaban J connectivity index is 2.33. The highest BCUT2D eigenvalue weighted by Crippen LogP contribution is 2.37. The molecule has 0 radical (unpaired) electrons. The predicted molar refractivity (Wildman–Crippen MR) is 79.0 cm³/mol. The molecule has 2 fully saturated rings. The molecule has 2 saturated heterocycles. The highest BCUT2D eigenvalue weighted by Gasteiger charge is 2.59. The summed E-state index contributed by atoms with van der Waals surface area (Å²) in [7, 11) is -2.19. The number of nitrogens with zero attached hydrogens (tertiary/aromatic N) is 1. The predicted octanol–water partition coefficient (Wildman–Crippen LogP) is 2.85. The van der Waals surface area contributed by atoms with Crippen LogP contribution < -0.4 is 0 Å². The summed E-state index contributed by atoms with van der Waals surface area (Å²) in [5.41, 5.74) is 0.150. The Bertz CT molecular complexity index is 289. The van der Waals surface area contributed by atoms with Crippen molar-refractivity contribution in [2.75, 3.05) is 19.8 Å². The maximum atomic E-state index is 6.36. The SMILES string of the molecule is CC(C)B1CCCO[Si]12OCCCN2C(C)(C)C. The summed E-state index contributed by atoms with van der Waals surface area (Å²) in [4.78, 5) is 0. The molecule has 1 spiro atoms. The van der Waals surface area contributed by atoms with E-state index in [-0.39, 0.29) is 5.54 Å². The average molecular weight is 269 g/mol. The molecule has 1 unspecified atom stereocenters. The van der Waals surface area contributed by atoms with Crippen LogP contribution in [0, 0.1) is 0 Å². The van der Waals surface area contributed by atoms with Crippen LogP contribution >= 0.6 is 0 Å². The molecule has 0 saturated carbocycles. The maximum Gasteiger partial charge on any atom is 0.378 e. The van der Waals surface area contributed by atoms with Crippen LogP contribution in [0.5, 0.6) is 0 Å². The van der Waals surface area contributed by atoms with Crippen molar-refractivity contribution in [3.8, 4) is 0 Å². The van der Waals surface area contributed by atoms with Gasteiger partial charge in [0.1, 0.15) is 0 Å². The molecular formula is C13H28BNO2Si. The van der Waals surface area contributed by atoms with Gasteiger partial charge in [-0.2, -0.15) is 0 Å². The molecule has 1 atom stereocenters. The number of rotatable bonds is 1. The Morgan fingerprint density at radius 1 is 1.11 bits per heavy atom. The van der Waals surface area contributed by atoms with Crippen molar-refractivity contribution in [3.63, 3.8) is 0 Å². The fourth-order valence-corrected chi connectivity index (χ4v) is 8.38. The first-order chi connectivity index (χ1) is 8.38. The third-order valence-electron chi connectivity index (χ3n) is 4.26. The Labute approximate surface area is 114 Å². The minimum Gasteiger partial charge on any atom is -0.388 e. The lowest BCUT2D eigenvalue weighted by atomic mass is 9.60. The van der Waals surface area contributed by atoms with Gasteiger partial charge in [-0.05, 0) is 40.2 Å². The Kier molecular flexibility index (Phi) is 4.27. The molecule has 2 heterocycles. The molecule has 0 aromatic heterocycles. The second-order valence-corrected chi connectivity index (χ2v) is 10.1. The van der Waals surface area contributed by atoms with E-state index in [2.05, 4.69) is 39.2 Å². The zero-order chi connectivity index (χ0) is 13.4. The summed E-state index contributed by atoms with van der Waals surface area (Å²) in [5.74, 6) is 0.653. The van der Waals surface area contributed by atoms with Crippen molar-refractivity contribution in [2.45, 2.75) is 65.1 Å². The molecule has 0 aliphatic carbocycles. The third kappa shape index (κ3) is 2.55. The van der Waals surface area contributed by atoms with Crippen molar-refractivity contribution < 1.29 is 8.85 Å². The smallest absolute Gasteiger partial charge is 0.378 e. The summed E-state index contributed by atoms with van der Waals surface area (Å²) >= 11 is 0. The molecule has 0 aromatic carbocycles. The molecule has 104 valence electrons. The van der Waals surface area contributed by atoms with Crippen LogP contribution in [0.1, 0.15) is 47.5 Å². The fraction of sp³-hybridized carbons (Fsp3) is 1.00. The molecule has 3 nitrogen and oxygen atoms in total. The molecule has 0 amide bonds. The van der Waals surface area contributed by atoms with Crippen LogP contribution in [0.15, 0.2) is 0 Å². The van der Waals surface area contributed by atoms with E-state index >= 15 is 0 Å². The number of hydrogen-bond acceptors (Lipinski definition) is 3. The molecule has 5 heteroatoms. The van der Waals surface area contributed by atoms with E-state index in [1.54, 1.807) is 0 Å². The highest BCUT2D eigenvalue weighted by atomic mass is 28.4. The lowest BCUT2D eigenvalue weighted by Crippen LogP contribution is -2.76. The summed E-state index contributed by atoms with van der Waals surface area (Å²) in [6.07, 6.45) is 4.22. The first-order valence-corrected chi connectivity index (χ1v) is 9.28. The third-order valence-corrected chi connectivity index (χ3v) is 9.04. The molecule has 0 bridgehead atoms. The molecule has 0 N–H and O–H groups in total. The summed E-state index contributed by atoms with van der Waals surface area (Å²) in [6, 6.07) is 0. The van der Waals surface area contributed by atoms with Crippen LogP contribution in [0.4, 0.5) is 0 Å². The van der Waals surface area contributed by atoms with E-state index in [0.717, 1.165) is 26.2 Å².